The lowest BCUT2D eigenvalue weighted by atomic mass is 9.98. The second kappa shape index (κ2) is 8.11. The van der Waals surface area contributed by atoms with E-state index < -0.39 is 18.1 Å². The lowest BCUT2D eigenvalue weighted by Crippen LogP contribution is -2.47. The van der Waals surface area contributed by atoms with Crippen LogP contribution < -0.4 is 5.32 Å². The maximum atomic E-state index is 12.6. The van der Waals surface area contributed by atoms with E-state index in [1.807, 2.05) is 36.4 Å². The van der Waals surface area contributed by atoms with Crippen LogP contribution in [-0.2, 0) is 9.53 Å². The standard InChI is InChI=1S/C20H19N3O3/c1-26-20(25)17(22-19(24)16-11-6-3-7-12-16)18(23-14-8-13-21-23)15-9-4-2-5-10-15/h2-14,17-18H,1H3,(H,22,24)/t17-,18-/m0/s1. The van der Waals surface area contributed by atoms with Crippen molar-refractivity contribution in [2.24, 2.45) is 0 Å². The number of carbonyl (C=O) groups is 2. The van der Waals surface area contributed by atoms with Crippen molar-refractivity contribution >= 4 is 11.9 Å². The highest BCUT2D eigenvalue weighted by atomic mass is 16.5. The first-order chi connectivity index (χ1) is 12.7. The molecule has 1 aromatic heterocycles. The van der Waals surface area contributed by atoms with Crippen LogP contribution >= 0.6 is 0 Å². The van der Waals surface area contributed by atoms with Gasteiger partial charge in [0, 0.05) is 18.0 Å². The number of methoxy groups -OCH3 is 1. The molecule has 0 aliphatic heterocycles. The molecule has 3 rings (SSSR count). The minimum Gasteiger partial charge on any atom is -0.467 e. The van der Waals surface area contributed by atoms with E-state index in [9.17, 15) is 9.59 Å². The number of nitrogens with zero attached hydrogens (tertiary/aromatic N) is 2. The van der Waals surface area contributed by atoms with E-state index in [1.165, 1.54) is 7.11 Å². The van der Waals surface area contributed by atoms with Gasteiger partial charge < -0.3 is 10.1 Å². The van der Waals surface area contributed by atoms with E-state index in [-0.39, 0.29) is 5.91 Å². The largest absolute Gasteiger partial charge is 0.467 e. The Balaban J connectivity index is 1.98. The number of hydrogen-bond donors (Lipinski definition) is 1. The summed E-state index contributed by atoms with van der Waals surface area (Å²) in [6.45, 7) is 0. The fourth-order valence-electron chi connectivity index (χ4n) is 2.80. The summed E-state index contributed by atoms with van der Waals surface area (Å²) < 4.78 is 6.60. The molecule has 132 valence electrons. The maximum Gasteiger partial charge on any atom is 0.330 e. The molecule has 6 heteroatoms. The Bertz CT molecular complexity index is 849. The van der Waals surface area contributed by atoms with Crippen LogP contribution in [0, 0.1) is 0 Å². The van der Waals surface area contributed by atoms with Crippen LogP contribution in [0.5, 0.6) is 0 Å². The van der Waals surface area contributed by atoms with E-state index in [2.05, 4.69) is 10.4 Å². The molecule has 0 saturated carbocycles. The summed E-state index contributed by atoms with van der Waals surface area (Å²) in [5.41, 5.74) is 1.30. The molecule has 2 atom stereocenters. The van der Waals surface area contributed by atoms with E-state index in [0.717, 1.165) is 5.56 Å². The highest BCUT2D eigenvalue weighted by Crippen LogP contribution is 2.23. The van der Waals surface area contributed by atoms with Gasteiger partial charge in [0.15, 0.2) is 6.04 Å². The van der Waals surface area contributed by atoms with E-state index in [1.54, 1.807) is 47.4 Å². The van der Waals surface area contributed by atoms with Gasteiger partial charge in [0.05, 0.1) is 7.11 Å². The molecule has 6 nitrogen and oxygen atoms in total. The average molecular weight is 349 g/mol. The number of hydrogen-bond acceptors (Lipinski definition) is 4. The first kappa shape index (κ1) is 17.4. The van der Waals surface area contributed by atoms with Gasteiger partial charge in [0.2, 0.25) is 0 Å². The van der Waals surface area contributed by atoms with Gasteiger partial charge in [-0.15, -0.1) is 0 Å². The lowest BCUT2D eigenvalue weighted by molar-refractivity contribution is -0.143. The van der Waals surface area contributed by atoms with Crippen LogP contribution in [0.3, 0.4) is 0 Å². The molecule has 0 fully saturated rings. The maximum absolute atomic E-state index is 12.6. The van der Waals surface area contributed by atoms with Gasteiger partial charge in [-0.1, -0.05) is 48.5 Å². The number of nitrogens with one attached hydrogen (secondary N) is 1. The fourth-order valence-corrected chi connectivity index (χ4v) is 2.80. The minimum absolute atomic E-state index is 0.353. The summed E-state index contributed by atoms with van der Waals surface area (Å²) in [5.74, 6) is -0.896. The van der Waals surface area contributed by atoms with Gasteiger partial charge in [-0.05, 0) is 23.8 Å². The predicted molar refractivity (Wildman–Crippen MR) is 96.5 cm³/mol. The predicted octanol–water partition coefficient (Wildman–Crippen LogP) is 2.44. The Morgan fingerprint density at radius 1 is 1.00 bits per heavy atom. The van der Waals surface area contributed by atoms with Gasteiger partial charge in [-0.2, -0.15) is 5.10 Å². The molecule has 1 amide bonds. The minimum atomic E-state index is -0.935. The zero-order valence-electron chi connectivity index (χ0n) is 14.3. The molecule has 0 aliphatic carbocycles. The van der Waals surface area contributed by atoms with Gasteiger partial charge >= 0.3 is 5.97 Å². The van der Waals surface area contributed by atoms with Gasteiger partial charge in [0.1, 0.15) is 6.04 Å². The van der Waals surface area contributed by atoms with Crippen LogP contribution in [-0.4, -0.2) is 34.8 Å². The normalized spacial score (nSPS) is 12.8. The van der Waals surface area contributed by atoms with E-state index in [4.69, 9.17) is 4.74 Å². The third-order valence-electron chi connectivity index (χ3n) is 4.04. The van der Waals surface area contributed by atoms with Crippen molar-refractivity contribution in [3.8, 4) is 0 Å². The first-order valence-electron chi connectivity index (χ1n) is 8.18. The SMILES string of the molecule is COC(=O)[C@@H](NC(=O)c1ccccc1)[C@H](c1ccccc1)n1cccn1. The molecule has 2 aromatic carbocycles. The fraction of sp³-hybridized carbons (Fsp3) is 0.150. The van der Waals surface area contributed by atoms with E-state index >= 15 is 0 Å². The zero-order chi connectivity index (χ0) is 18.4. The van der Waals surface area contributed by atoms with Crippen LogP contribution in [0.2, 0.25) is 0 Å². The van der Waals surface area contributed by atoms with Crippen molar-refractivity contribution in [1.82, 2.24) is 15.1 Å². The summed E-state index contributed by atoms with van der Waals surface area (Å²) in [7, 11) is 1.30. The topological polar surface area (TPSA) is 73.2 Å². The summed E-state index contributed by atoms with van der Waals surface area (Å²) >= 11 is 0. The van der Waals surface area contributed by atoms with Gasteiger partial charge in [-0.3, -0.25) is 9.48 Å². The molecule has 3 aromatic rings. The lowest BCUT2D eigenvalue weighted by Gasteiger charge is -2.27. The molecule has 0 radical (unpaired) electrons. The highest BCUT2D eigenvalue weighted by molar-refractivity contribution is 5.97. The molecule has 0 saturated heterocycles. The highest BCUT2D eigenvalue weighted by Gasteiger charge is 2.34. The average Bonchev–Trinajstić information content (AvgIpc) is 3.22. The Kier molecular flexibility index (Phi) is 5.43. The van der Waals surface area contributed by atoms with Crippen molar-refractivity contribution < 1.29 is 14.3 Å². The zero-order valence-corrected chi connectivity index (χ0v) is 14.3. The smallest absolute Gasteiger partial charge is 0.330 e. The summed E-state index contributed by atoms with van der Waals surface area (Å²) in [6.07, 6.45) is 3.38. The van der Waals surface area contributed by atoms with Crippen LogP contribution in [0.25, 0.3) is 0 Å². The second-order valence-corrected chi connectivity index (χ2v) is 5.68. The van der Waals surface area contributed by atoms with Crippen molar-refractivity contribution in [1.29, 1.82) is 0 Å². The summed E-state index contributed by atoms with van der Waals surface area (Å²) in [6, 6.07) is 18.4. The monoisotopic (exact) mass is 349 g/mol. The van der Waals surface area contributed by atoms with Crippen LogP contribution in [0.1, 0.15) is 22.0 Å². The first-order valence-corrected chi connectivity index (χ1v) is 8.18. The number of rotatable bonds is 6. The number of aromatic nitrogens is 2. The van der Waals surface area contributed by atoms with Crippen molar-refractivity contribution in [2.45, 2.75) is 12.1 Å². The molecule has 0 aliphatic rings. The molecule has 0 bridgehead atoms. The molecule has 0 spiro atoms. The summed E-state index contributed by atoms with van der Waals surface area (Å²) in [4.78, 5) is 25.1. The van der Waals surface area contributed by atoms with Gasteiger partial charge in [0.25, 0.3) is 5.91 Å². The molecule has 1 N–H and O–H groups in total. The van der Waals surface area contributed by atoms with Crippen LogP contribution in [0.4, 0.5) is 0 Å². The van der Waals surface area contributed by atoms with Crippen molar-refractivity contribution in [3.05, 3.63) is 90.3 Å². The molecular formula is C20H19N3O3. The molecule has 0 unspecified atom stereocenters. The molecular weight excluding hydrogens is 330 g/mol. The number of benzene rings is 2. The second-order valence-electron chi connectivity index (χ2n) is 5.68. The van der Waals surface area contributed by atoms with Crippen LogP contribution in [0.15, 0.2) is 79.1 Å². The third kappa shape index (κ3) is 3.80. The van der Waals surface area contributed by atoms with Gasteiger partial charge in [-0.25, -0.2) is 4.79 Å². The van der Waals surface area contributed by atoms with E-state index in [0.29, 0.717) is 5.56 Å². The Hall–Kier alpha value is -3.41. The Morgan fingerprint density at radius 3 is 2.23 bits per heavy atom. The van der Waals surface area contributed by atoms with Crippen molar-refractivity contribution in [2.75, 3.05) is 7.11 Å². The Labute approximate surface area is 151 Å². The third-order valence-corrected chi connectivity index (χ3v) is 4.04. The molecule has 26 heavy (non-hydrogen) atoms. The summed E-state index contributed by atoms with van der Waals surface area (Å²) in [5, 5.41) is 7.06. The molecule has 1 heterocycles. The number of amides is 1. The number of carbonyl (C=O) groups excluding carboxylic acids is 2. The van der Waals surface area contributed by atoms with Crippen molar-refractivity contribution in [3.63, 3.8) is 0 Å². The number of esters is 1. The number of ether oxygens (including phenoxy) is 1. The quantitative estimate of drug-likeness (QED) is 0.694. The Morgan fingerprint density at radius 2 is 1.65 bits per heavy atom.